The van der Waals surface area contributed by atoms with E-state index in [1.165, 1.54) is 12.1 Å². The lowest BCUT2D eigenvalue weighted by Gasteiger charge is -2.44. The standard InChI is InChI=1S/C30H32FN3O4/c1-37-25-11-7-23(8-12-25)32-17-19-33(20-18-32)30(36)27-15-16-28(35)34(24-9-13-26(38-2)14-10-24)29(27)21-3-5-22(31)6-4-21/h3-14,27,29H,15-20H2,1-2H3/t27-,29+/m0/s1. The molecule has 0 bridgehead atoms. The quantitative estimate of drug-likeness (QED) is 0.475. The first-order chi connectivity index (χ1) is 18.5. The van der Waals surface area contributed by atoms with Gasteiger partial charge in [0.05, 0.1) is 26.2 Å². The summed E-state index contributed by atoms with van der Waals surface area (Å²) in [6.07, 6.45) is 0.719. The lowest BCUT2D eigenvalue weighted by molar-refractivity contribution is -0.138. The van der Waals surface area contributed by atoms with Crippen molar-refractivity contribution in [1.82, 2.24) is 4.90 Å². The summed E-state index contributed by atoms with van der Waals surface area (Å²) >= 11 is 0. The van der Waals surface area contributed by atoms with Gasteiger partial charge in [0.15, 0.2) is 0 Å². The maximum atomic E-state index is 14.0. The fourth-order valence-corrected chi connectivity index (χ4v) is 5.45. The molecule has 0 radical (unpaired) electrons. The zero-order valence-corrected chi connectivity index (χ0v) is 21.7. The first-order valence-electron chi connectivity index (χ1n) is 12.9. The summed E-state index contributed by atoms with van der Waals surface area (Å²) < 4.78 is 24.4. The normalized spacial score (nSPS) is 19.9. The van der Waals surface area contributed by atoms with Crippen LogP contribution in [0.1, 0.15) is 24.4 Å². The average molecular weight is 518 g/mol. The van der Waals surface area contributed by atoms with Gasteiger partial charge in [0.2, 0.25) is 11.8 Å². The third kappa shape index (κ3) is 5.16. The zero-order chi connectivity index (χ0) is 26.6. The van der Waals surface area contributed by atoms with Crippen molar-refractivity contribution in [2.75, 3.05) is 50.2 Å². The summed E-state index contributed by atoms with van der Waals surface area (Å²) in [6, 6.07) is 20.8. The van der Waals surface area contributed by atoms with Crippen molar-refractivity contribution in [2.45, 2.75) is 18.9 Å². The SMILES string of the molecule is COc1ccc(N2CCN(C(=O)[C@H]3CCC(=O)N(c4ccc(OC)cc4)[C@@H]3c3ccc(F)cc3)CC2)cc1. The van der Waals surface area contributed by atoms with Crippen molar-refractivity contribution in [2.24, 2.45) is 5.92 Å². The zero-order valence-electron chi connectivity index (χ0n) is 21.7. The summed E-state index contributed by atoms with van der Waals surface area (Å²) in [5.41, 5.74) is 2.52. The Balaban J connectivity index is 1.39. The van der Waals surface area contributed by atoms with Crippen molar-refractivity contribution in [1.29, 1.82) is 0 Å². The van der Waals surface area contributed by atoms with Crippen LogP contribution in [0.15, 0.2) is 72.8 Å². The van der Waals surface area contributed by atoms with Crippen LogP contribution >= 0.6 is 0 Å². The molecule has 0 N–H and O–H groups in total. The number of carbonyl (C=O) groups excluding carboxylic acids is 2. The van der Waals surface area contributed by atoms with Crippen LogP contribution in [0.5, 0.6) is 11.5 Å². The minimum absolute atomic E-state index is 0.0275. The van der Waals surface area contributed by atoms with E-state index in [4.69, 9.17) is 9.47 Å². The molecule has 7 nitrogen and oxygen atoms in total. The molecule has 198 valence electrons. The van der Waals surface area contributed by atoms with Gasteiger partial charge in [0.25, 0.3) is 0 Å². The van der Waals surface area contributed by atoms with Crippen LogP contribution < -0.4 is 19.3 Å². The molecule has 0 spiro atoms. The lowest BCUT2D eigenvalue weighted by Crippen LogP contribution is -2.54. The summed E-state index contributed by atoms with van der Waals surface area (Å²) in [4.78, 5) is 33.1. The van der Waals surface area contributed by atoms with Crippen LogP contribution in [-0.4, -0.2) is 57.1 Å². The van der Waals surface area contributed by atoms with Gasteiger partial charge in [-0.1, -0.05) is 12.1 Å². The minimum Gasteiger partial charge on any atom is -0.497 e. The number of nitrogens with zero attached hydrogens (tertiary/aromatic N) is 3. The fourth-order valence-electron chi connectivity index (χ4n) is 5.45. The number of piperidine rings is 1. The predicted octanol–water partition coefficient (Wildman–Crippen LogP) is 4.68. The number of amides is 2. The smallest absolute Gasteiger partial charge is 0.228 e. The van der Waals surface area contributed by atoms with Gasteiger partial charge in [-0.2, -0.15) is 0 Å². The van der Waals surface area contributed by atoms with Gasteiger partial charge in [-0.15, -0.1) is 0 Å². The van der Waals surface area contributed by atoms with Gasteiger partial charge in [-0.05, 0) is 72.6 Å². The van der Waals surface area contributed by atoms with Crippen LogP contribution in [0.3, 0.4) is 0 Å². The first-order valence-corrected chi connectivity index (χ1v) is 12.9. The number of hydrogen-bond acceptors (Lipinski definition) is 5. The van der Waals surface area contributed by atoms with E-state index in [1.807, 2.05) is 41.3 Å². The van der Waals surface area contributed by atoms with Crippen LogP contribution in [0.25, 0.3) is 0 Å². The van der Waals surface area contributed by atoms with Gasteiger partial charge in [0, 0.05) is 44.0 Å². The highest BCUT2D eigenvalue weighted by molar-refractivity contribution is 5.97. The monoisotopic (exact) mass is 517 g/mol. The molecule has 2 aliphatic rings. The predicted molar refractivity (Wildman–Crippen MR) is 144 cm³/mol. The molecular formula is C30H32FN3O4. The second-order valence-corrected chi connectivity index (χ2v) is 9.61. The van der Waals surface area contributed by atoms with E-state index in [9.17, 15) is 14.0 Å². The molecule has 38 heavy (non-hydrogen) atoms. The molecule has 0 unspecified atom stereocenters. The molecule has 3 aromatic carbocycles. The van der Waals surface area contributed by atoms with Gasteiger partial charge in [-0.3, -0.25) is 9.59 Å². The van der Waals surface area contributed by atoms with Crippen molar-refractivity contribution >= 4 is 23.2 Å². The lowest BCUT2D eigenvalue weighted by atomic mass is 9.82. The number of carbonyl (C=O) groups is 2. The third-order valence-corrected chi connectivity index (χ3v) is 7.51. The number of rotatable bonds is 6. The van der Waals surface area contributed by atoms with E-state index < -0.39 is 12.0 Å². The Morgan fingerprint density at radius 3 is 1.89 bits per heavy atom. The topological polar surface area (TPSA) is 62.3 Å². The Morgan fingerprint density at radius 2 is 1.34 bits per heavy atom. The number of benzene rings is 3. The van der Waals surface area contributed by atoms with Gasteiger partial charge < -0.3 is 24.2 Å². The number of piperazine rings is 1. The van der Waals surface area contributed by atoms with E-state index in [1.54, 1.807) is 43.4 Å². The number of ether oxygens (including phenoxy) is 2. The van der Waals surface area contributed by atoms with Crippen LogP contribution in [0.4, 0.5) is 15.8 Å². The number of halogens is 1. The Morgan fingerprint density at radius 1 is 0.789 bits per heavy atom. The van der Waals surface area contributed by atoms with Gasteiger partial charge in [0.1, 0.15) is 17.3 Å². The fraction of sp³-hybridized carbons (Fsp3) is 0.333. The molecule has 5 rings (SSSR count). The largest absolute Gasteiger partial charge is 0.497 e. The molecule has 8 heteroatoms. The molecule has 3 aromatic rings. The maximum absolute atomic E-state index is 14.0. The summed E-state index contributed by atoms with van der Waals surface area (Å²) in [6.45, 7) is 2.61. The molecule has 2 atom stereocenters. The molecule has 0 aromatic heterocycles. The van der Waals surface area contributed by atoms with Gasteiger partial charge in [-0.25, -0.2) is 4.39 Å². The van der Waals surface area contributed by atoms with Crippen molar-refractivity contribution in [3.8, 4) is 11.5 Å². The van der Waals surface area contributed by atoms with Crippen LogP contribution in [0.2, 0.25) is 0 Å². The second-order valence-electron chi connectivity index (χ2n) is 9.61. The highest BCUT2D eigenvalue weighted by Gasteiger charge is 2.43. The van der Waals surface area contributed by atoms with Crippen molar-refractivity contribution in [3.05, 3.63) is 84.2 Å². The summed E-state index contributed by atoms with van der Waals surface area (Å²) in [5.74, 6) is 0.663. The van der Waals surface area contributed by atoms with E-state index in [0.717, 1.165) is 17.0 Å². The molecule has 2 aliphatic heterocycles. The molecule has 2 saturated heterocycles. The third-order valence-electron chi connectivity index (χ3n) is 7.51. The minimum atomic E-state index is -0.530. The summed E-state index contributed by atoms with van der Waals surface area (Å²) in [5, 5.41) is 0. The number of anilines is 2. The van der Waals surface area contributed by atoms with Crippen LogP contribution in [-0.2, 0) is 9.59 Å². The van der Waals surface area contributed by atoms with Crippen molar-refractivity contribution in [3.63, 3.8) is 0 Å². The molecule has 2 heterocycles. The number of hydrogen-bond donors (Lipinski definition) is 0. The highest BCUT2D eigenvalue weighted by atomic mass is 19.1. The Kier molecular flexibility index (Phi) is 7.49. The Hall–Kier alpha value is -4.07. The second kappa shape index (κ2) is 11.1. The Bertz CT molecular complexity index is 1260. The Labute approximate surface area is 222 Å². The van der Waals surface area contributed by atoms with E-state index >= 15 is 0 Å². The summed E-state index contributed by atoms with van der Waals surface area (Å²) in [7, 11) is 3.23. The maximum Gasteiger partial charge on any atom is 0.228 e. The van der Waals surface area contributed by atoms with E-state index in [2.05, 4.69) is 4.90 Å². The van der Waals surface area contributed by atoms with Gasteiger partial charge >= 0.3 is 0 Å². The number of methoxy groups -OCH3 is 2. The average Bonchev–Trinajstić information content (AvgIpc) is 2.97. The van der Waals surface area contributed by atoms with E-state index in [0.29, 0.717) is 44.0 Å². The first kappa shape index (κ1) is 25.6. The highest BCUT2D eigenvalue weighted by Crippen LogP contribution is 2.41. The van der Waals surface area contributed by atoms with Crippen LogP contribution in [0, 0.1) is 11.7 Å². The molecule has 2 amide bonds. The molecule has 0 saturated carbocycles. The molecular weight excluding hydrogens is 485 g/mol. The van der Waals surface area contributed by atoms with E-state index in [-0.39, 0.29) is 24.1 Å². The molecule has 0 aliphatic carbocycles. The van der Waals surface area contributed by atoms with Crippen molar-refractivity contribution < 1.29 is 23.5 Å². The molecule has 2 fully saturated rings.